The molecule has 0 amide bonds. The number of nitrogen functional groups attached to an aromatic ring is 1. The summed E-state index contributed by atoms with van der Waals surface area (Å²) in [6.07, 6.45) is 1.55. The van der Waals surface area contributed by atoms with E-state index >= 15 is 0 Å². The predicted octanol–water partition coefficient (Wildman–Crippen LogP) is 3.29. The number of nitrogens with zero attached hydrogens (tertiary/aromatic N) is 1. The zero-order valence-electron chi connectivity index (χ0n) is 8.37. The number of hydrogen-bond donors (Lipinski definition) is 1. The molecular formula is C12H11ClN2. The second-order valence-electron chi connectivity index (χ2n) is 3.46. The standard InChI is InChI=1S/C12H11ClN2/c1-8-3-2-4-9(5-8)11-6-10(13)7-15-12(11)14/h2-7H,1H3,(H2,14,15). The molecule has 0 aliphatic heterocycles. The van der Waals surface area contributed by atoms with Crippen molar-refractivity contribution in [1.29, 1.82) is 0 Å². The highest BCUT2D eigenvalue weighted by Gasteiger charge is 2.04. The first-order valence-electron chi connectivity index (χ1n) is 4.65. The summed E-state index contributed by atoms with van der Waals surface area (Å²) in [4.78, 5) is 4.03. The second kappa shape index (κ2) is 3.91. The molecule has 0 unspecified atom stereocenters. The minimum atomic E-state index is 0.505. The van der Waals surface area contributed by atoms with Crippen molar-refractivity contribution in [1.82, 2.24) is 4.98 Å². The zero-order valence-corrected chi connectivity index (χ0v) is 9.12. The van der Waals surface area contributed by atoms with Crippen molar-refractivity contribution in [2.24, 2.45) is 0 Å². The van der Waals surface area contributed by atoms with Crippen LogP contribution in [-0.4, -0.2) is 4.98 Å². The summed E-state index contributed by atoms with van der Waals surface area (Å²) in [6, 6.07) is 9.92. The van der Waals surface area contributed by atoms with Gasteiger partial charge in [-0.15, -0.1) is 0 Å². The van der Waals surface area contributed by atoms with Crippen molar-refractivity contribution in [2.75, 3.05) is 5.73 Å². The number of aromatic nitrogens is 1. The van der Waals surface area contributed by atoms with Crippen molar-refractivity contribution in [3.05, 3.63) is 47.1 Å². The average molecular weight is 219 g/mol. The molecule has 2 rings (SSSR count). The van der Waals surface area contributed by atoms with Crippen LogP contribution in [0.3, 0.4) is 0 Å². The lowest BCUT2D eigenvalue weighted by Gasteiger charge is -2.06. The Morgan fingerprint density at radius 3 is 2.80 bits per heavy atom. The first-order chi connectivity index (χ1) is 7.16. The van der Waals surface area contributed by atoms with Gasteiger partial charge in [0.05, 0.1) is 5.02 Å². The van der Waals surface area contributed by atoms with Crippen LogP contribution in [0.15, 0.2) is 36.5 Å². The van der Waals surface area contributed by atoms with Gasteiger partial charge in [0.1, 0.15) is 5.82 Å². The molecule has 0 aliphatic carbocycles. The van der Waals surface area contributed by atoms with Crippen LogP contribution in [0, 0.1) is 6.92 Å². The van der Waals surface area contributed by atoms with Crippen molar-refractivity contribution < 1.29 is 0 Å². The van der Waals surface area contributed by atoms with Gasteiger partial charge in [-0.05, 0) is 18.6 Å². The van der Waals surface area contributed by atoms with Crippen LogP contribution < -0.4 is 5.73 Å². The monoisotopic (exact) mass is 218 g/mol. The van der Waals surface area contributed by atoms with Gasteiger partial charge in [-0.2, -0.15) is 0 Å². The lowest BCUT2D eigenvalue weighted by Crippen LogP contribution is -1.93. The Bertz CT molecular complexity index is 495. The van der Waals surface area contributed by atoms with E-state index < -0.39 is 0 Å². The number of aryl methyl sites for hydroxylation is 1. The maximum Gasteiger partial charge on any atom is 0.131 e. The van der Waals surface area contributed by atoms with Crippen molar-refractivity contribution in [3.8, 4) is 11.1 Å². The summed E-state index contributed by atoms with van der Waals surface area (Å²) in [5.41, 5.74) is 8.91. The minimum absolute atomic E-state index is 0.505. The highest BCUT2D eigenvalue weighted by molar-refractivity contribution is 6.30. The highest BCUT2D eigenvalue weighted by atomic mass is 35.5. The Morgan fingerprint density at radius 2 is 2.07 bits per heavy atom. The molecule has 76 valence electrons. The molecule has 3 heteroatoms. The van der Waals surface area contributed by atoms with Gasteiger partial charge >= 0.3 is 0 Å². The average Bonchev–Trinajstić information content (AvgIpc) is 2.22. The Labute approximate surface area is 93.7 Å². The Morgan fingerprint density at radius 1 is 1.27 bits per heavy atom. The molecule has 2 N–H and O–H groups in total. The summed E-state index contributed by atoms with van der Waals surface area (Å²) < 4.78 is 0. The molecule has 0 radical (unpaired) electrons. The molecule has 0 saturated carbocycles. The van der Waals surface area contributed by atoms with E-state index in [1.165, 1.54) is 5.56 Å². The van der Waals surface area contributed by atoms with Gasteiger partial charge in [0.15, 0.2) is 0 Å². The van der Waals surface area contributed by atoms with Crippen LogP contribution in [0.4, 0.5) is 5.82 Å². The summed E-state index contributed by atoms with van der Waals surface area (Å²) in [6.45, 7) is 2.04. The van der Waals surface area contributed by atoms with E-state index in [4.69, 9.17) is 17.3 Å². The van der Waals surface area contributed by atoms with Crippen molar-refractivity contribution in [2.45, 2.75) is 6.92 Å². The molecule has 0 atom stereocenters. The van der Waals surface area contributed by atoms with E-state index in [0.29, 0.717) is 10.8 Å². The first-order valence-corrected chi connectivity index (χ1v) is 5.02. The van der Waals surface area contributed by atoms with E-state index in [1.54, 1.807) is 6.20 Å². The third-order valence-corrected chi connectivity index (χ3v) is 2.42. The number of pyridine rings is 1. The van der Waals surface area contributed by atoms with Crippen LogP contribution >= 0.6 is 11.6 Å². The Balaban J connectivity index is 2.58. The van der Waals surface area contributed by atoms with E-state index in [1.807, 2.05) is 31.2 Å². The number of halogens is 1. The molecule has 1 aromatic carbocycles. The molecule has 0 bridgehead atoms. The third kappa shape index (κ3) is 2.10. The summed E-state index contributed by atoms with van der Waals surface area (Å²) in [5.74, 6) is 0.505. The maximum absolute atomic E-state index is 5.89. The van der Waals surface area contributed by atoms with Crippen LogP contribution in [-0.2, 0) is 0 Å². The number of hydrogen-bond acceptors (Lipinski definition) is 2. The van der Waals surface area contributed by atoms with Gasteiger partial charge in [0.2, 0.25) is 0 Å². The molecule has 1 aromatic heterocycles. The molecular weight excluding hydrogens is 208 g/mol. The summed E-state index contributed by atoms with van der Waals surface area (Å²) in [5, 5.41) is 0.598. The molecule has 1 heterocycles. The molecule has 0 aliphatic rings. The lowest BCUT2D eigenvalue weighted by atomic mass is 10.0. The first kappa shape index (κ1) is 9.99. The fraction of sp³-hybridized carbons (Fsp3) is 0.0833. The van der Waals surface area contributed by atoms with Crippen molar-refractivity contribution >= 4 is 17.4 Å². The fourth-order valence-electron chi connectivity index (χ4n) is 1.49. The Kier molecular flexibility index (Phi) is 2.60. The second-order valence-corrected chi connectivity index (χ2v) is 3.89. The molecule has 2 nitrogen and oxygen atoms in total. The van der Waals surface area contributed by atoms with E-state index in [-0.39, 0.29) is 0 Å². The van der Waals surface area contributed by atoms with Crippen LogP contribution in [0.25, 0.3) is 11.1 Å². The fourth-order valence-corrected chi connectivity index (χ4v) is 1.65. The highest BCUT2D eigenvalue weighted by Crippen LogP contribution is 2.27. The van der Waals surface area contributed by atoms with Crippen molar-refractivity contribution in [3.63, 3.8) is 0 Å². The number of benzene rings is 1. The third-order valence-electron chi connectivity index (χ3n) is 2.21. The molecule has 0 spiro atoms. The predicted molar refractivity (Wildman–Crippen MR) is 63.8 cm³/mol. The number of nitrogens with two attached hydrogens (primary N) is 1. The molecule has 0 saturated heterocycles. The number of rotatable bonds is 1. The SMILES string of the molecule is Cc1cccc(-c2cc(Cl)cnc2N)c1. The molecule has 0 fully saturated rings. The van der Waals surface area contributed by atoms with Gasteiger partial charge in [-0.1, -0.05) is 41.4 Å². The zero-order chi connectivity index (χ0) is 10.8. The van der Waals surface area contributed by atoms with Gasteiger partial charge in [-0.3, -0.25) is 0 Å². The normalized spacial score (nSPS) is 10.3. The number of anilines is 1. The Hall–Kier alpha value is -1.54. The maximum atomic E-state index is 5.89. The smallest absolute Gasteiger partial charge is 0.131 e. The van der Waals surface area contributed by atoms with E-state index in [9.17, 15) is 0 Å². The largest absolute Gasteiger partial charge is 0.383 e. The van der Waals surface area contributed by atoms with Crippen LogP contribution in [0.1, 0.15) is 5.56 Å². The quantitative estimate of drug-likeness (QED) is 0.798. The van der Waals surface area contributed by atoms with Gasteiger partial charge in [0, 0.05) is 11.8 Å². The lowest BCUT2D eigenvalue weighted by molar-refractivity contribution is 1.33. The van der Waals surface area contributed by atoms with E-state index in [0.717, 1.165) is 11.1 Å². The van der Waals surface area contributed by atoms with Gasteiger partial charge < -0.3 is 5.73 Å². The summed E-state index contributed by atoms with van der Waals surface area (Å²) in [7, 11) is 0. The van der Waals surface area contributed by atoms with Gasteiger partial charge in [-0.25, -0.2) is 4.98 Å². The van der Waals surface area contributed by atoms with Crippen LogP contribution in [0.2, 0.25) is 5.02 Å². The van der Waals surface area contributed by atoms with E-state index in [2.05, 4.69) is 11.1 Å². The molecule has 15 heavy (non-hydrogen) atoms. The molecule has 2 aromatic rings. The van der Waals surface area contributed by atoms with Crippen LogP contribution in [0.5, 0.6) is 0 Å². The minimum Gasteiger partial charge on any atom is -0.383 e. The summed E-state index contributed by atoms with van der Waals surface area (Å²) >= 11 is 5.89. The van der Waals surface area contributed by atoms with Gasteiger partial charge in [0.25, 0.3) is 0 Å². The topological polar surface area (TPSA) is 38.9 Å².